The van der Waals surface area contributed by atoms with Gasteiger partial charge in [0, 0.05) is 16.4 Å². The van der Waals surface area contributed by atoms with Crippen LogP contribution in [0.15, 0.2) is 52.3 Å². The molecule has 1 unspecified atom stereocenters. The Morgan fingerprint density at radius 2 is 1.95 bits per heavy atom. The normalized spacial score (nSPS) is 13.8. The summed E-state index contributed by atoms with van der Waals surface area (Å²) in [6.07, 6.45) is 9.56. The molecule has 0 aliphatic rings. The number of allylic oxidation sites excluding steroid dienone is 2. The van der Waals surface area contributed by atoms with Gasteiger partial charge in [-0.1, -0.05) is 49.6 Å². The zero-order valence-corrected chi connectivity index (χ0v) is 13.2. The number of benzene rings is 1. The topological polar surface area (TPSA) is 37.3 Å². The minimum Gasteiger partial charge on any atom is -0.396 e. The van der Waals surface area contributed by atoms with Gasteiger partial charge in [-0.2, -0.15) is 0 Å². The van der Waals surface area contributed by atoms with Crippen molar-refractivity contribution in [3.8, 4) is 0 Å². The van der Waals surface area contributed by atoms with E-state index in [1.165, 1.54) is 0 Å². The second kappa shape index (κ2) is 9.67. The van der Waals surface area contributed by atoms with E-state index >= 15 is 0 Å². The number of aliphatic hydroxyl groups is 1. The third-order valence-electron chi connectivity index (χ3n) is 2.93. The van der Waals surface area contributed by atoms with Gasteiger partial charge in [0.2, 0.25) is 0 Å². The Morgan fingerprint density at radius 1 is 1.25 bits per heavy atom. The van der Waals surface area contributed by atoms with Gasteiger partial charge >= 0.3 is 0 Å². The molecule has 20 heavy (non-hydrogen) atoms. The minimum atomic E-state index is -1.14. The van der Waals surface area contributed by atoms with E-state index in [9.17, 15) is 4.21 Å². The lowest BCUT2D eigenvalue weighted by Gasteiger charge is -2.04. The largest absolute Gasteiger partial charge is 0.396 e. The van der Waals surface area contributed by atoms with Crippen LogP contribution in [0.25, 0.3) is 0 Å². The minimum absolute atomic E-state index is 0.121. The lowest BCUT2D eigenvalue weighted by Crippen LogP contribution is -1.95. The maximum absolute atomic E-state index is 12.6. The van der Waals surface area contributed by atoms with Crippen molar-refractivity contribution in [3.05, 3.63) is 53.0 Å². The van der Waals surface area contributed by atoms with Gasteiger partial charge in [-0.05, 0) is 38.0 Å². The summed E-state index contributed by atoms with van der Waals surface area (Å²) in [5, 5.41) is 8.83. The van der Waals surface area contributed by atoms with Gasteiger partial charge < -0.3 is 5.11 Å². The van der Waals surface area contributed by atoms with Crippen LogP contribution >= 0.6 is 0 Å². The number of aliphatic hydroxyl groups excluding tert-OH is 1. The highest BCUT2D eigenvalue weighted by Gasteiger charge is 2.07. The summed E-state index contributed by atoms with van der Waals surface area (Å²) in [5.74, 6) is 0. The predicted molar refractivity (Wildman–Crippen MR) is 86.0 cm³/mol. The molecular formula is C17H24O2S. The number of hydrogen-bond acceptors (Lipinski definition) is 2. The van der Waals surface area contributed by atoms with Crippen molar-refractivity contribution in [2.45, 2.75) is 44.4 Å². The van der Waals surface area contributed by atoms with Crippen LogP contribution in [0.3, 0.4) is 0 Å². The quantitative estimate of drug-likeness (QED) is 0.578. The third-order valence-corrected chi connectivity index (χ3v) is 4.36. The maximum atomic E-state index is 12.6. The first kappa shape index (κ1) is 16.9. The standard InChI is InChI=1S/C17H24O2S/c1-3-4-5-8-16(9-6-7-14-18)20(19)17-12-10-15(2)11-13-17/h6,8-13,18H,3-5,7,14H2,1-2H3/b9-6-,16-8-. The Morgan fingerprint density at radius 3 is 2.55 bits per heavy atom. The van der Waals surface area contributed by atoms with Crippen LogP contribution in [0, 0.1) is 6.92 Å². The molecule has 3 heteroatoms. The Balaban J connectivity index is 2.88. The summed E-state index contributed by atoms with van der Waals surface area (Å²) in [6.45, 7) is 4.29. The first-order valence-electron chi connectivity index (χ1n) is 7.15. The van der Waals surface area contributed by atoms with Crippen LogP contribution in [0.2, 0.25) is 0 Å². The third kappa shape index (κ3) is 5.85. The van der Waals surface area contributed by atoms with Crippen molar-refractivity contribution in [2.24, 2.45) is 0 Å². The molecule has 0 radical (unpaired) electrons. The molecule has 0 spiro atoms. The van der Waals surface area contributed by atoms with Crippen molar-refractivity contribution in [2.75, 3.05) is 6.61 Å². The molecule has 0 saturated heterocycles. The van der Waals surface area contributed by atoms with Crippen LogP contribution in [0.5, 0.6) is 0 Å². The highest BCUT2D eigenvalue weighted by Crippen LogP contribution is 2.18. The molecule has 1 atom stereocenters. The first-order chi connectivity index (χ1) is 9.69. The average Bonchev–Trinajstić information content (AvgIpc) is 2.46. The van der Waals surface area contributed by atoms with E-state index in [2.05, 4.69) is 6.92 Å². The molecule has 0 saturated carbocycles. The van der Waals surface area contributed by atoms with E-state index in [1.807, 2.05) is 49.4 Å². The molecule has 0 aliphatic carbocycles. The summed E-state index contributed by atoms with van der Waals surface area (Å²) in [5.41, 5.74) is 1.16. The fraction of sp³-hybridized carbons (Fsp3) is 0.412. The summed E-state index contributed by atoms with van der Waals surface area (Å²) >= 11 is 0. The lowest BCUT2D eigenvalue weighted by molar-refractivity contribution is 0.302. The van der Waals surface area contributed by atoms with Gasteiger partial charge in [0.15, 0.2) is 0 Å². The maximum Gasteiger partial charge on any atom is 0.0846 e. The Kier molecular flexibility index (Phi) is 8.16. The Labute approximate surface area is 124 Å². The fourth-order valence-corrected chi connectivity index (χ4v) is 2.87. The fourth-order valence-electron chi connectivity index (χ4n) is 1.73. The van der Waals surface area contributed by atoms with Crippen molar-refractivity contribution >= 4 is 10.8 Å². The average molecular weight is 292 g/mol. The molecule has 0 fully saturated rings. The zero-order chi connectivity index (χ0) is 14.8. The van der Waals surface area contributed by atoms with Gasteiger partial charge in [0.05, 0.1) is 10.8 Å². The second-order valence-corrected chi connectivity index (χ2v) is 6.23. The Bertz CT molecular complexity index is 472. The van der Waals surface area contributed by atoms with Crippen LogP contribution in [0.4, 0.5) is 0 Å². The molecule has 0 bridgehead atoms. The highest BCUT2D eigenvalue weighted by atomic mass is 32.2. The molecule has 1 rings (SSSR count). The van der Waals surface area contributed by atoms with Gasteiger partial charge in [-0.3, -0.25) is 0 Å². The van der Waals surface area contributed by atoms with E-state index in [1.54, 1.807) is 0 Å². The molecule has 110 valence electrons. The van der Waals surface area contributed by atoms with Crippen molar-refractivity contribution in [1.82, 2.24) is 0 Å². The summed E-state index contributed by atoms with van der Waals surface area (Å²) in [6, 6.07) is 7.79. The van der Waals surface area contributed by atoms with Gasteiger partial charge in [-0.25, -0.2) is 4.21 Å². The number of hydrogen-bond donors (Lipinski definition) is 1. The van der Waals surface area contributed by atoms with Crippen LogP contribution in [-0.2, 0) is 10.8 Å². The SMILES string of the molecule is CCCC/C=C(/C=C\CCO)S(=O)c1ccc(C)cc1. The van der Waals surface area contributed by atoms with Crippen molar-refractivity contribution in [3.63, 3.8) is 0 Å². The van der Waals surface area contributed by atoms with Gasteiger partial charge in [0.25, 0.3) is 0 Å². The highest BCUT2D eigenvalue weighted by molar-refractivity contribution is 7.89. The van der Waals surface area contributed by atoms with Gasteiger partial charge in [0.1, 0.15) is 0 Å². The van der Waals surface area contributed by atoms with E-state index in [0.717, 1.165) is 34.6 Å². The van der Waals surface area contributed by atoms with E-state index < -0.39 is 10.8 Å². The molecule has 0 aliphatic heterocycles. The summed E-state index contributed by atoms with van der Waals surface area (Å²) in [4.78, 5) is 1.66. The molecule has 1 aromatic rings. The van der Waals surface area contributed by atoms with E-state index in [4.69, 9.17) is 5.11 Å². The molecular weight excluding hydrogens is 268 g/mol. The van der Waals surface area contributed by atoms with Crippen molar-refractivity contribution in [1.29, 1.82) is 0 Å². The van der Waals surface area contributed by atoms with E-state index in [0.29, 0.717) is 6.42 Å². The summed E-state index contributed by atoms with van der Waals surface area (Å²) in [7, 11) is -1.14. The smallest absolute Gasteiger partial charge is 0.0846 e. The molecule has 2 nitrogen and oxygen atoms in total. The van der Waals surface area contributed by atoms with Crippen LogP contribution < -0.4 is 0 Å². The van der Waals surface area contributed by atoms with Crippen LogP contribution in [0.1, 0.15) is 38.2 Å². The second-order valence-electron chi connectivity index (χ2n) is 4.75. The van der Waals surface area contributed by atoms with E-state index in [-0.39, 0.29) is 6.61 Å². The van der Waals surface area contributed by atoms with Crippen molar-refractivity contribution < 1.29 is 9.32 Å². The molecule has 0 aromatic heterocycles. The number of rotatable bonds is 8. The number of unbranched alkanes of at least 4 members (excludes halogenated alkanes) is 2. The lowest BCUT2D eigenvalue weighted by atomic mass is 10.2. The molecule has 1 N–H and O–H groups in total. The predicted octanol–water partition coefficient (Wildman–Crippen LogP) is 4.12. The van der Waals surface area contributed by atoms with Crippen LogP contribution in [-0.4, -0.2) is 15.9 Å². The Hall–Kier alpha value is -1.19. The number of aryl methyl sites for hydroxylation is 1. The zero-order valence-electron chi connectivity index (χ0n) is 12.3. The van der Waals surface area contributed by atoms with Gasteiger partial charge in [-0.15, -0.1) is 0 Å². The first-order valence-corrected chi connectivity index (χ1v) is 8.30. The monoisotopic (exact) mass is 292 g/mol. The summed E-state index contributed by atoms with van der Waals surface area (Å²) < 4.78 is 12.6. The molecule has 0 heterocycles. The molecule has 0 amide bonds. The molecule has 1 aromatic carbocycles.